The summed E-state index contributed by atoms with van der Waals surface area (Å²) in [6.07, 6.45) is 3.75. The van der Waals surface area contributed by atoms with Gasteiger partial charge < -0.3 is 0 Å². The largest absolute Gasteiger partial charge is 0.256 e. The van der Waals surface area contributed by atoms with Gasteiger partial charge in [0.2, 0.25) is 0 Å². The van der Waals surface area contributed by atoms with Gasteiger partial charge >= 0.3 is 0 Å². The van der Waals surface area contributed by atoms with E-state index >= 15 is 0 Å². The van der Waals surface area contributed by atoms with Crippen molar-refractivity contribution in [3.05, 3.63) is 121 Å². The molecule has 7 rings (SSSR count). The molecule has 0 bridgehead atoms. The second kappa shape index (κ2) is 7.35. The first-order valence-electron chi connectivity index (χ1n) is 12.1. The molecule has 4 aromatic carbocycles. The molecule has 0 fully saturated rings. The van der Waals surface area contributed by atoms with Crippen molar-refractivity contribution < 1.29 is 0 Å². The van der Waals surface area contributed by atoms with Gasteiger partial charge in [-0.15, -0.1) is 0 Å². The molecule has 2 aromatic heterocycles. The van der Waals surface area contributed by atoms with Gasteiger partial charge in [0.15, 0.2) is 0 Å². The number of aromatic nitrogens is 2. The van der Waals surface area contributed by atoms with Crippen LogP contribution in [0.3, 0.4) is 0 Å². The predicted octanol–water partition coefficient (Wildman–Crippen LogP) is 8.42. The van der Waals surface area contributed by atoms with Crippen molar-refractivity contribution in [2.75, 3.05) is 0 Å². The van der Waals surface area contributed by atoms with E-state index in [2.05, 4.69) is 104 Å². The summed E-state index contributed by atoms with van der Waals surface area (Å²) in [7, 11) is 0. The van der Waals surface area contributed by atoms with Gasteiger partial charge in [-0.2, -0.15) is 0 Å². The van der Waals surface area contributed by atoms with Gasteiger partial charge in [0.25, 0.3) is 0 Å². The molecule has 2 heterocycles. The Kier molecular flexibility index (Phi) is 4.22. The second-order valence-corrected chi connectivity index (χ2v) is 9.88. The lowest BCUT2D eigenvalue weighted by Gasteiger charge is -2.24. The molecule has 6 aromatic rings. The summed E-state index contributed by atoms with van der Waals surface area (Å²) < 4.78 is 0. The number of benzene rings is 4. The van der Waals surface area contributed by atoms with E-state index in [4.69, 9.17) is 4.98 Å². The first-order chi connectivity index (χ1) is 17.1. The molecule has 0 N–H and O–H groups in total. The Morgan fingerprint density at radius 1 is 0.571 bits per heavy atom. The van der Waals surface area contributed by atoms with Crippen LogP contribution in [0, 0.1) is 0 Å². The van der Waals surface area contributed by atoms with Gasteiger partial charge in [-0.05, 0) is 69.1 Å². The molecule has 2 nitrogen and oxygen atoms in total. The molecule has 0 amide bonds. The minimum absolute atomic E-state index is 0.134. The Morgan fingerprint density at radius 2 is 1.31 bits per heavy atom. The van der Waals surface area contributed by atoms with E-state index in [1.54, 1.807) is 0 Å². The fourth-order valence-electron chi connectivity index (χ4n) is 5.91. The lowest BCUT2D eigenvalue weighted by Crippen LogP contribution is -2.16. The Balaban J connectivity index is 1.46. The van der Waals surface area contributed by atoms with Crippen molar-refractivity contribution in [1.82, 2.24) is 9.97 Å². The molecule has 0 aliphatic heterocycles. The lowest BCUT2D eigenvalue weighted by atomic mass is 9.79. The Labute approximate surface area is 204 Å². The fourth-order valence-corrected chi connectivity index (χ4v) is 5.91. The molecule has 0 unspecified atom stereocenters. The average Bonchev–Trinajstić information content (AvgIpc) is 3.16. The third-order valence-corrected chi connectivity index (χ3v) is 7.52. The van der Waals surface area contributed by atoms with E-state index in [-0.39, 0.29) is 5.41 Å². The number of hydrogen-bond acceptors (Lipinski definition) is 2. The predicted molar refractivity (Wildman–Crippen MR) is 145 cm³/mol. The minimum Gasteiger partial charge on any atom is -0.256 e. The van der Waals surface area contributed by atoms with E-state index in [1.165, 1.54) is 49.5 Å². The van der Waals surface area contributed by atoms with Crippen molar-refractivity contribution >= 4 is 21.7 Å². The summed E-state index contributed by atoms with van der Waals surface area (Å²) in [6, 6.07) is 34.7. The molecule has 0 spiro atoms. The molecule has 2 heteroatoms. The average molecular weight is 449 g/mol. The molecule has 35 heavy (non-hydrogen) atoms. The Bertz CT molecular complexity index is 1760. The first-order valence-corrected chi connectivity index (χ1v) is 12.1. The van der Waals surface area contributed by atoms with Gasteiger partial charge in [-0.25, -0.2) is 0 Å². The van der Waals surface area contributed by atoms with Crippen LogP contribution in [-0.4, -0.2) is 9.97 Å². The van der Waals surface area contributed by atoms with Gasteiger partial charge in [0, 0.05) is 34.1 Å². The van der Waals surface area contributed by atoms with Crippen LogP contribution >= 0.6 is 0 Å². The topological polar surface area (TPSA) is 25.8 Å². The summed E-state index contributed by atoms with van der Waals surface area (Å²) in [4.78, 5) is 9.36. The summed E-state index contributed by atoms with van der Waals surface area (Å²) in [5.41, 5.74) is 11.0. The first kappa shape index (κ1) is 20.1. The minimum atomic E-state index is -0.134. The number of rotatable bonds is 2. The fraction of sp³-hybridized carbons (Fsp3) is 0.0909. The zero-order chi connectivity index (χ0) is 23.6. The van der Waals surface area contributed by atoms with E-state index in [9.17, 15) is 0 Å². The van der Waals surface area contributed by atoms with Crippen LogP contribution in [0.25, 0.3) is 55.2 Å². The number of nitrogens with zero attached hydrogens (tertiary/aromatic N) is 2. The van der Waals surface area contributed by atoms with Crippen molar-refractivity contribution in [3.8, 4) is 33.5 Å². The molecule has 1 aliphatic carbocycles. The molecule has 0 saturated carbocycles. The Morgan fingerprint density at radius 3 is 2.17 bits per heavy atom. The smallest absolute Gasteiger partial charge is 0.0783 e. The SMILES string of the molecule is CC1(C)c2cc(-c3cccc(-c4ccccn4)c3)ccc2-c2c1c1cccnc1c1ccccc21. The Hall–Kier alpha value is -4.30. The lowest BCUT2D eigenvalue weighted by molar-refractivity contribution is 0.666. The second-order valence-electron chi connectivity index (χ2n) is 9.88. The summed E-state index contributed by atoms with van der Waals surface area (Å²) in [6.45, 7) is 4.71. The highest BCUT2D eigenvalue weighted by Crippen LogP contribution is 2.54. The van der Waals surface area contributed by atoms with E-state index < -0.39 is 0 Å². The van der Waals surface area contributed by atoms with Crippen LogP contribution in [-0.2, 0) is 5.41 Å². The van der Waals surface area contributed by atoms with Crippen molar-refractivity contribution in [3.63, 3.8) is 0 Å². The van der Waals surface area contributed by atoms with Crippen molar-refractivity contribution in [1.29, 1.82) is 0 Å². The summed E-state index contributed by atoms with van der Waals surface area (Å²) in [5.74, 6) is 0. The highest BCUT2D eigenvalue weighted by Gasteiger charge is 2.38. The number of hydrogen-bond donors (Lipinski definition) is 0. The van der Waals surface area contributed by atoms with Gasteiger partial charge in [-0.3, -0.25) is 9.97 Å². The van der Waals surface area contributed by atoms with Crippen LogP contribution in [0.15, 0.2) is 109 Å². The molecule has 1 aliphatic rings. The molecular weight excluding hydrogens is 424 g/mol. The van der Waals surface area contributed by atoms with Crippen molar-refractivity contribution in [2.45, 2.75) is 19.3 Å². The number of fused-ring (bicyclic) bond motifs is 8. The standard InChI is InChI=1S/C33H24N2/c1-33(2)28-20-22(21-9-7-10-23(19-21)29-14-5-6-17-34-29)15-16-26(28)30-24-11-3-4-12-25(24)32-27(31(30)33)13-8-18-35-32/h3-20H,1-2H3. The molecule has 0 saturated heterocycles. The van der Waals surface area contributed by atoms with Crippen LogP contribution in [0.4, 0.5) is 0 Å². The zero-order valence-electron chi connectivity index (χ0n) is 19.8. The van der Waals surface area contributed by atoms with Crippen LogP contribution in [0.1, 0.15) is 25.0 Å². The van der Waals surface area contributed by atoms with Gasteiger partial charge in [-0.1, -0.05) is 80.6 Å². The van der Waals surface area contributed by atoms with Crippen LogP contribution in [0.5, 0.6) is 0 Å². The maximum atomic E-state index is 4.81. The summed E-state index contributed by atoms with van der Waals surface area (Å²) >= 11 is 0. The zero-order valence-corrected chi connectivity index (χ0v) is 19.8. The highest BCUT2D eigenvalue weighted by molar-refractivity contribution is 6.16. The maximum Gasteiger partial charge on any atom is 0.0783 e. The monoisotopic (exact) mass is 448 g/mol. The third-order valence-electron chi connectivity index (χ3n) is 7.52. The summed E-state index contributed by atoms with van der Waals surface area (Å²) in [5, 5.41) is 3.75. The molecule has 0 atom stereocenters. The van der Waals surface area contributed by atoms with E-state index in [0.29, 0.717) is 0 Å². The van der Waals surface area contributed by atoms with E-state index in [0.717, 1.165) is 16.8 Å². The maximum absolute atomic E-state index is 4.81. The number of pyridine rings is 2. The highest BCUT2D eigenvalue weighted by atomic mass is 14.7. The van der Waals surface area contributed by atoms with Crippen molar-refractivity contribution in [2.24, 2.45) is 0 Å². The van der Waals surface area contributed by atoms with Crippen LogP contribution in [0.2, 0.25) is 0 Å². The van der Waals surface area contributed by atoms with E-state index in [1.807, 2.05) is 24.5 Å². The molecule has 0 radical (unpaired) electrons. The normalized spacial score (nSPS) is 13.7. The third kappa shape index (κ3) is 2.90. The molecular formula is C33H24N2. The van der Waals surface area contributed by atoms with Gasteiger partial charge in [0.1, 0.15) is 0 Å². The van der Waals surface area contributed by atoms with Gasteiger partial charge in [0.05, 0.1) is 11.2 Å². The molecule has 166 valence electrons. The quantitative estimate of drug-likeness (QED) is 0.248. The van der Waals surface area contributed by atoms with Crippen LogP contribution < -0.4 is 0 Å².